The van der Waals surface area contributed by atoms with Gasteiger partial charge in [-0.1, -0.05) is 43.2 Å². The maximum atomic E-state index is 5.48. The normalized spacial score (nSPS) is 18.3. The number of methoxy groups -OCH3 is 1. The number of rotatable bonds is 7. The van der Waals surface area contributed by atoms with Crippen LogP contribution in [0.4, 0.5) is 0 Å². The van der Waals surface area contributed by atoms with Gasteiger partial charge < -0.3 is 4.74 Å². The minimum absolute atomic E-state index is 0.167. The Morgan fingerprint density at radius 1 is 0.897 bits per heavy atom. The Morgan fingerprint density at radius 3 is 2.49 bits per heavy atom. The zero-order valence-electron chi connectivity index (χ0n) is 22.1. The molecule has 1 aliphatic heterocycles. The quantitative estimate of drug-likeness (QED) is 0.317. The number of nitrogens with zero attached hydrogens (tertiary/aromatic N) is 10. The molecular formula is C28H32N10O. The fourth-order valence-corrected chi connectivity index (χ4v) is 6.23. The molecular weight excluding hydrogens is 492 g/mol. The molecule has 39 heavy (non-hydrogen) atoms. The van der Waals surface area contributed by atoms with Crippen molar-refractivity contribution in [2.75, 3.05) is 33.3 Å². The largest absolute Gasteiger partial charge is 0.497 e. The third-order valence-corrected chi connectivity index (χ3v) is 8.25. The number of pyridine rings is 1. The topological polar surface area (TPSA) is 102 Å². The van der Waals surface area contributed by atoms with Gasteiger partial charge in [-0.2, -0.15) is 4.52 Å². The average molecular weight is 525 g/mol. The van der Waals surface area contributed by atoms with Gasteiger partial charge in [0.2, 0.25) is 0 Å². The van der Waals surface area contributed by atoms with Gasteiger partial charge in [-0.25, -0.2) is 4.68 Å². The van der Waals surface area contributed by atoms with Crippen molar-refractivity contribution in [1.29, 1.82) is 0 Å². The van der Waals surface area contributed by atoms with Gasteiger partial charge in [0.15, 0.2) is 11.5 Å². The van der Waals surface area contributed by atoms with Crippen LogP contribution in [0.15, 0.2) is 54.6 Å². The van der Waals surface area contributed by atoms with E-state index in [1.165, 1.54) is 18.4 Å². The van der Waals surface area contributed by atoms with Crippen molar-refractivity contribution in [2.24, 2.45) is 0 Å². The number of aromatic nitrogens is 8. The number of piperazine rings is 1. The van der Waals surface area contributed by atoms with Crippen molar-refractivity contribution < 1.29 is 4.74 Å². The minimum atomic E-state index is -0.167. The molecule has 1 atom stereocenters. The molecule has 1 aliphatic carbocycles. The van der Waals surface area contributed by atoms with Crippen LogP contribution >= 0.6 is 0 Å². The van der Waals surface area contributed by atoms with E-state index in [2.05, 4.69) is 88.0 Å². The molecule has 0 spiro atoms. The summed E-state index contributed by atoms with van der Waals surface area (Å²) in [4.78, 5) is 5.02. The van der Waals surface area contributed by atoms with E-state index in [9.17, 15) is 0 Å². The zero-order chi connectivity index (χ0) is 26.2. The number of ether oxygens (including phenoxy) is 1. The summed E-state index contributed by atoms with van der Waals surface area (Å²) in [6.45, 7) is 4.66. The molecule has 5 aromatic rings. The number of hydrogen-bond acceptors (Lipinski definition) is 9. The van der Waals surface area contributed by atoms with E-state index in [0.29, 0.717) is 11.7 Å². The summed E-state index contributed by atoms with van der Waals surface area (Å²) in [5.41, 5.74) is 3.98. The van der Waals surface area contributed by atoms with Crippen LogP contribution in [-0.4, -0.2) is 83.3 Å². The van der Waals surface area contributed by atoms with Crippen molar-refractivity contribution in [3.63, 3.8) is 0 Å². The number of fused-ring (bicyclic) bond motifs is 3. The van der Waals surface area contributed by atoms with Crippen LogP contribution in [0, 0.1) is 0 Å². The smallest absolute Gasteiger partial charge is 0.185 e. The first-order valence-electron chi connectivity index (χ1n) is 13.8. The van der Waals surface area contributed by atoms with E-state index >= 15 is 0 Å². The second-order valence-corrected chi connectivity index (χ2v) is 10.6. The van der Waals surface area contributed by atoms with Crippen LogP contribution in [0.3, 0.4) is 0 Å². The Morgan fingerprint density at radius 2 is 1.69 bits per heavy atom. The lowest BCUT2D eigenvalue weighted by Crippen LogP contribution is -2.48. The standard InChI is InChI=1S/C28H32N10O/c1-39-23-12-11-21-17-24(27-29-31-34-38(27)25(21)18-23)26(28-30-32-33-37(28)22-9-5-6-10-22)36-15-13-35(14-16-36)19-20-7-3-2-4-8-20/h2-4,7-8,11-12,17-18,22,26H,5-6,9-10,13-16,19H2,1H3. The molecule has 1 unspecified atom stereocenters. The molecule has 0 radical (unpaired) electrons. The molecule has 1 saturated heterocycles. The van der Waals surface area contributed by atoms with E-state index in [4.69, 9.17) is 4.74 Å². The lowest BCUT2D eigenvalue weighted by atomic mass is 10.0. The molecule has 11 heteroatoms. The molecule has 0 N–H and O–H groups in total. The molecule has 3 aromatic heterocycles. The molecule has 2 fully saturated rings. The molecule has 2 aliphatic rings. The highest BCUT2D eigenvalue weighted by atomic mass is 16.5. The second-order valence-electron chi connectivity index (χ2n) is 10.6. The summed E-state index contributed by atoms with van der Waals surface area (Å²) in [5.74, 6) is 1.64. The summed E-state index contributed by atoms with van der Waals surface area (Å²) >= 11 is 0. The Bertz CT molecular complexity index is 1570. The molecule has 11 nitrogen and oxygen atoms in total. The Balaban J connectivity index is 1.29. The molecule has 0 amide bonds. The van der Waals surface area contributed by atoms with E-state index in [1.54, 1.807) is 7.11 Å². The molecule has 2 aromatic carbocycles. The third-order valence-electron chi connectivity index (χ3n) is 8.25. The van der Waals surface area contributed by atoms with Gasteiger partial charge in [0.05, 0.1) is 18.7 Å². The van der Waals surface area contributed by atoms with Gasteiger partial charge in [-0.15, -0.1) is 10.2 Å². The van der Waals surface area contributed by atoms with Gasteiger partial charge in [0, 0.05) is 49.7 Å². The first-order chi connectivity index (χ1) is 19.3. The van der Waals surface area contributed by atoms with Crippen LogP contribution in [0.2, 0.25) is 0 Å². The van der Waals surface area contributed by atoms with E-state index in [1.807, 2.05) is 16.6 Å². The summed E-state index contributed by atoms with van der Waals surface area (Å²) in [5, 5.41) is 27.3. The van der Waals surface area contributed by atoms with Crippen molar-refractivity contribution in [3.05, 3.63) is 71.5 Å². The fraction of sp³-hybridized carbons (Fsp3) is 0.429. The van der Waals surface area contributed by atoms with Crippen molar-refractivity contribution >= 4 is 16.6 Å². The first kappa shape index (κ1) is 24.1. The zero-order valence-corrected chi connectivity index (χ0v) is 22.1. The van der Waals surface area contributed by atoms with E-state index in [0.717, 1.165) is 73.6 Å². The highest BCUT2D eigenvalue weighted by molar-refractivity contribution is 5.84. The molecule has 0 bridgehead atoms. The van der Waals surface area contributed by atoms with Crippen LogP contribution in [0.1, 0.15) is 54.7 Å². The lowest BCUT2D eigenvalue weighted by Gasteiger charge is -2.39. The number of hydrogen-bond donors (Lipinski definition) is 0. The van der Waals surface area contributed by atoms with Gasteiger partial charge in [0.25, 0.3) is 0 Å². The van der Waals surface area contributed by atoms with Gasteiger partial charge in [-0.3, -0.25) is 9.80 Å². The average Bonchev–Trinajstić information content (AvgIpc) is 3.77. The lowest BCUT2D eigenvalue weighted by molar-refractivity contribution is 0.0996. The number of tetrazole rings is 2. The predicted octanol–water partition coefficient (Wildman–Crippen LogP) is 3.29. The fourth-order valence-electron chi connectivity index (χ4n) is 6.23. The van der Waals surface area contributed by atoms with Gasteiger partial charge in [-0.05, 0) is 57.5 Å². The number of benzene rings is 2. The van der Waals surface area contributed by atoms with Crippen molar-refractivity contribution in [2.45, 2.75) is 44.3 Å². The highest BCUT2D eigenvalue weighted by Crippen LogP contribution is 2.37. The Labute approximate surface area is 226 Å². The van der Waals surface area contributed by atoms with E-state index < -0.39 is 0 Å². The molecule has 1 saturated carbocycles. The van der Waals surface area contributed by atoms with Gasteiger partial charge in [0.1, 0.15) is 11.8 Å². The maximum Gasteiger partial charge on any atom is 0.185 e. The summed E-state index contributed by atoms with van der Waals surface area (Å²) in [7, 11) is 1.67. The molecule has 7 rings (SSSR count). The van der Waals surface area contributed by atoms with E-state index in [-0.39, 0.29) is 6.04 Å². The van der Waals surface area contributed by atoms with Crippen LogP contribution < -0.4 is 4.74 Å². The van der Waals surface area contributed by atoms with Crippen molar-refractivity contribution in [1.82, 2.24) is 50.0 Å². The first-order valence-corrected chi connectivity index (χ1v) is 13.8. The van der Waals surface area contributed by atoms with Crippen LogP contribution in [-0.2, 0) is 6.54 Å². The Hall–Kier alpha value is -3.96. The van der Waals surface area contributed by atoms with Gasteiger partial charge >= 0.3 is 0 Å². The molecule has 4 heterocycles. The maximum absolute atomic E-state index is 5.48. The predicted molar refractivity (Wildman–Crippen MR) is 145 cm³/mol. The summed E-state index contributed by atoms with van der Waals surface area (Å²) in [6.07, 6.45) is 4.63. The summed E-state index contributed by atoms with van der Waals surface area (Å²) in [6, 6.07) is 19.1. The second kappa shape index (κ2) is 10.3. The molecule has 200 valence electrons. The van der Waals surface area contributed by atoms with Crippen molar-refractivity contribution in [3.8, 4) is 5.75 Å². The van der Waals surface area contributed by atoms with Crippen LogP contribution in [0.25, 0.3) is 16.6 Å². The minimum Gasteiger partial charge on any atom is -0.497 e. The summed E-state index contributed by atoms with van der Waals surface area (Å²) < 4.78 is 9.37. The highest BCUT2D eigenvalue weighted by Gasteiger charge is 2.35. The third kappa shape index (κ3) is 4.51. The monoisotopic (exact) mass is 524 g/mol. The van der Waals surface area contributed by atoms with Crippen LogP contribution in [0.5, 0.6) is 5.75 Å². The SMILES string of the molecule is COc1ccc2cc(C(c3nnnn3C3CCCC3)N3CCN(Cc4ccccc4)CC3)c3nnnn3c2c1. The Kier molecular flexibility index (Phi) is 6.37.